The smallest absolute Gasteiger partial charge is 0.241 e. The minimum Gasteiger partial charge on any atom is -0.310 e. The van der Waals surface area contributed by atoms with Crippen LogP contribution >= 0.6 is 0 Å². The van der Waals surface area contributed by atoms with Crippen LogP contribution in [0.4, 0.5) is 0 Å². The number of nitrogens with one attached hydrogen (secondary N) is 2. The fraction of sp³-hybridized carbons (Fsp3) is 0.571. The summed E-state index contributed by atoms with van der Waals surface area (Å²) in [5.74, 6) is 0.464. The molecule has 2 atom stereocenters. The summed E-state index contributed by atoms with van der Waals surface area (Å²) >= 11 is 0. The average molecular weight is 280 g/mol. The van der Waals surface area contributed by atoms with Gasteiger partial charge in [-0.15, -0.1) is 0 Å². The molecular formula is C14H20N2O2S. The monoisotopic (exact) mass is 280 g/mol. The summed E-state index contributed by atoms with van der Waals surface area (Å²) in [5, 5.41) is 3.37. The van der Waals surface area contributed by atoms with Crippen molar-refractivity contribution in [1.82, 2.24) is 10.0 Å². The Kier molecular flexibility index (Phi) is 3.37. The molecule has 2 unspecified atom stereocenters. The van der Waals surface area contributed by atoms with E-state index in [2.05, 4.69) is 17.0 Å². The van der Waals surface area contributed by atoms with E-state index in [4.69, 9.17) is 0 Å². The van der Waals surface area contributed by atoms with Crippen LogP contribution in [0.3, 0.4) is 0 Å². The summed E-state index contributed by atoms with van der Waals surface area (Å²) in [6.45, 7) is 2.69. The lowest BCUT2D eigenvalue weighted by Crippen LogP contribution is -2.28. The average Bonchev–Trinajstić information content (AvgIpc) is 3.27. The number of sulfonamides is 1. The molecule has 2 saturated carbocycles. The van der Waals surface area contributed by atoms with E-state index in [1.807, 2.05) is 12.1 Å². The van der Waals surface area contributed by atoms with Crippen molar-refractivity contribution in [3.63, 3.8) is 0 Å². The Morgan fingerprint density at radius 2 is 1.95 bits per heavy atom. The molecule has 2 fully saturated rings. The van der Waals surface area contributed by atoms with Gasteiger partial charge in [0.25, 0.3) is 0 Å². The van der Waals surface area contributed by atoms with Crippen molar-refractivity contribution < 1.29 is 8.42 Å². The van der Waals surface area contributed by atoms with Gasteiger partial charge >= 0.3 is 0 Å². The SMILES string of the molecule is CC1CC1NS(=O)(=O)c1ccccc1CNC1CC1. The third kappa shape index (κ3) is 3.16. The van der Waals surface area contributed by atoms with Gasteiger partial charge in [0.1, 0.15) is 0 Å². The summed E-state index contributed by atoms with van der Waals surface area (Å²) in [6.07, 6.45) is 3.35. The van der Waals surface area contributed by atoms with Gasteiger partial charge in [0, 0.05) is 18.6 Å². The molecule has 2 aliphatic rings. The van der Waals surface area contributed by atoms with Crippen LogP contribution in [0.1, 0.15) is 31.7 Å². The molecule has 0 heterocycles. The molecule has 3 rings (SSSR count). The van der Waals surface area contributed by atoms with E-state index in [-0.39, 0.29) is 6.04 Å². The minimum atomic E-state index is -3.38. The Labute approximate surface area is 114 Å². The molecule has 2 N–H and O–H groups in total. The van der Waals surface area contributed by atoms with E-state index in [0.717, 1.165) is 12.0 Å². The molecule has 1 aromatic carbocycles. The van der Waals surface area contributed by atoms with Crippen molar-refractivity contribution >= 4 is 10.0 Å². The van der Waals surface area contributed by atoms with Crippen LogP contribution in [0.25, 0.3) is 0 Å². The first-order valence-electron chi connectivity index (χ1n) is 6.90. The second-order valence-electron chi connectivity index (χ2n) is 5.70. The molecule has 104 valence electrons. The van der Waals surface area contributed by atoms with E-state index < -0.39 is 10.0 Å². The summed E-state index contributed by atoms with van der Waals surface area (Å²) in [6, 6.07) is 7.95. The Morgan fingerprint density at radius 3 is 2.58 bits per heavy atom. The maximum Gasteiger partial charge on any atom is 0.241 e. The van der Waals surface area contributed by atoms with Crippen LogP contribution in [0.5, 0.6) is 0 Å². The van der Waals surface area contributed by atoms with E-state index >= 15 is 0 Å². The molecule has 5 heteroatoms. The molecule has 0 saturated heterocycles. The van der Waals surface area contributed by atoms with Crippen LogP contribution in [0.15, 0.2) is 29.2 Å². The molecule has 0 amide bonds. The summed E-state index contributed by atoms with van der Waals surface area (Å²) in [4.78, 5) is 0.419. The summed E-state index contributed by atoms with van der Waals surface area (Å²) < 4.78 is 27.5. The lowest BCUT2D eigenvalue weighted by molar-refractivity contribution is 0.575. The summed E-state index contributed by atoms with van der Waals surface area (Å²) in [5.41, 5.74) is 0.857. The van der Waals surface area contributed by atoms with Crippen molar-refractivity contribution in [2.75, 3.05) is 0 Å². The predicted molar refractivity (Wildman–Crippen MR) is 74.2 cm³/mol. The van der Waals surface area contributed by atoms with Crippen molar-refractivity contribution in [3.8, 4) is 0 Å². The van der Waals surface area contributed by atoms with Gasteiger partial charge in [0.05, 0.1) is 4.90 Å². The molecule has 2 aliphatic carbocycles. The van der Waals surface area contributed by atoms with E-state index in [9.17, 15) is 8.42 Å². The van der Waals surface area contributed by atoms with Gasteiger partial charge < -0.3 is 5.32 Å². The lowest BCUT2D eigenvalue weighted by atomic mass is 10.2. The standard InChI is InChI=1S/C14H20N2O2S/c1-10-8-13(10)16-19(17,18)14-5-3-2-4-11(14)9-15-12-6-7-12/h2-5,10,12-13,15-16H,6-9H2,1H3. The first kappa shape index (κ1) is 13.1. The number of rotatable bonds is 6. The molecule has 0 aliphatic heterocycles. The highest BCUT2D eigenvalue weighted by Crippen LogP contribution is 2.31. The maximum absolute atomic E-state index is 12.4. The quantitative estimate of drug-likeness (QED) is 0.832. The Morgan fingerprint density at radius 1 is 1.26 bits per heavy atom. The molecule has 0 spiro atoms. The zero-order chi connectivity index (χ0) is 13.5. The van der Waals surface area contributed by atoms with Crippen LogP contribution in [-0.2, 0) is 16.6 Å². The topological polar surface area (TPSA) is 58.2 Å². The van der Waals surface area contributed by atoms with Gasteiger partial charge in [-0.3, -0.25) is 0 Å². The Balaban J connectivity index is 1.77. The van der Waals surface area contributed by atoms with E-state index in [1.165, 1.54) is 12.8 Å². The van der Waals surface area contributed by atoms with Crippen LogP contribution < -0.4 is 10.0 Å². The second kappa shape index (κ2) is 4.89. The number of hydrogen-bond acceptors (Lipinski definition) is 3. The third-order valence-corrected chi connectivity index (χ3v) is 5.43. The fourth-order valence-electron chi connectivity index (χ4n) is 2.20. The van der Waals surface area contributed by atoms with Gasteiger partial charge in [0.2, 0.25) is 10.0 Å². The van der Waals surface area contributed by atoms with Crippen LogP contribution in [-0.4, -0.2) is 20.5 Å². The maximum atomic E-state index is 12.4. The molecule has 0 radical (unpaired) electrons. The molecule has 0 bridgehead atoms. The van der Waals surface area contributed by atoms with Gasteiger partial charge in [-0.1, -0.05) is 25.1 Å². The zero-order valence-electron chi connectivity index (χ0n) is 11.1. The van der Waals surface area contributed by atoms with Crippen molar-refractivity contribution in [2.45, 2.75) is 49.7 Å². The molecule has 4 nitrogen and oxygen atoms in total. The number of hydrogen-bond donors (Lipinski definition) is 2. The first-order chi connectivity index (χ1) is 9.06. The fourth-order valence-corrected chi connectivity index (χ4v) is 3.80. The van der Waals surface area contributed by atoms with Crippen molar-refractivity contribution in [3.05, 3.63) is 29.8 Å². The molecule has 0 aromatic heterocycles. The van der Waals surface area contributed by atoms with Gasteiger partial charge in [-0.2, -0.15) is 0 Å². The minimum absolute atomic E-state index is 0.120. The molecule has 1 aromatic rings. The molecular weight excluding hydrogens is 260 g/mol. The van der Waals surface area contributed by atoms with Crippen molar-refractivity contribution in [2.24, 2.45) is 5.92 Å². The predicted octanol–water partition coefficient (Wildman–Crippen LogP) is 1.63. The van der Waals surface area contributed by atoms with E-state index in [0.29, 0.717) is 23.4 Å². The largest absolute Gasteiger partial charge is 0.310 e. The highest BCUT2D eigenvalue weighted by Gasteiger charge is 2.37. The summed E-state index contributed by atoms with van der Waals surface area (Å²) in [7, 11) is -3.38. The van der Waals surface area contributed by atoms with Gasteiger partial charge in [-0.25, -0.2) is 13.1 Å². The Hall–Kier alpha value is -0.910. The molecule has 19 heavy (non-hydrogen) atoms. The van der Waals surface area contributed by atoms with Crippen LogP contribution in [0.2, 0.25) is 0 Å². The second-order valence-corrected chi connectivity index (χ2v) is 7.39. The highest BCUT2D eigenvalue weighted by atomic mass is 32.2. The Bertz CT molecular complexity index is 567. The normalized spacial score (nSPS) is 26.4. The van der Waals surface area contributed by atoms with Gasteiger partial charge in [-0.05, 0) is 36.8 Å². The highest BCUT2D eigenvalue weighted by molar-refractivity contribution is 7.89. The zero-order valence-corrected chi connectivity index (χ0v) is 11.9. The van der Waals surface area contributed by atoms with Crippen LogP contribution in [0, 0.1) is 5.92 Å². The van der Waals surface area contributed by atoms with E-state index in [1.54, 1.807) is 12.1 Å². The van der Waals surface area contributed by atoms with Crippen molar-refractivity contribution in [1.29, 1.82) is 0 Å². The van der Waals surface area contributed by atoms with Gasteiger partial charge in [0.15, 0.2) is 0 Å². The lowest BCUT2D eigenvalue weighted by Gasteiger charge is -2.11. The number of benzene rings is 1. The third-order valence-electron chi connectivity index (χ3n) is 3.84. The first-order valence-corrected chi connectivity index (χ1v) is 8.38.